The van der Waals surface area contributed by atoms with Gasteiger partial charge in [0.25, 0.3) is 0 Å². The topological polar surface area (TPSA) is 25.8 Å². The number of thiophene rings is 1. The second-order valence-electron chi connectivity index (χ2n) is 11.1. The van der Waals surface area contributed by atoms with Gasteiger partial charge < -0.3 is 0 Å². The molecule has 8 rings (SSSR count). The van der Waals surface area contributed by atoms with Gasteiger partial charge in [-0.15, -0.1) is 11.3 Å². The maximum Gasteiger partial charge on any atom is 0.0979 e. The van der Waals surface area contributed by atoms with Crippen molar-refractivity contribution in [2.75, 3.05) is 0 Å². The smallest absolute Gasteiger partial charge is 0.0979 e. The molecule has 0 atom stereocenters. The Bertz CT molecular complexity index is 2440. The monoisotopic (exact) mass is 580 g/mol. The van der Waals surface area contributed by atoms with Crippen LogP contribution in [-0.4, -0.2) is 9.97 Å². The van der Waals surface area contributed by atoms with Crippen LogP contribution in [0.5, 0.6) is 0 Å². The summed E-state index contributed by atoms with van der Waals surface area (Å²) in [5.74, 6) is 0. The molecule has 0 fully saturated rings. The summed E-state index contributed by atoms with van der Waals surface area (Å²) in [6.07, 6.45) is 8.27. The number of aromatic nitrogens is 2. The summed E-state index contributed by atoms with van der Waals surface area (Å²) in [6.45, 7) is 6.55. The molecule has 0 N–H and O–H groups in total. The highest BCUT2D eigenvalue weighted by Gasteiger charge is 2.13. The maximum absolute atomic E-state index is 5.18. The van der Waals surface area contributed by atoms with E-state index < -0.39 is 0 Å². The van der Waals surface area contributed by atoms with Crippen molar-refractivity contribution in [3.8, 4) is 11.3 Å². The third-order valence-corrected chi connectivity index (χ3v) is 9.65. The van der Waals surface area contributed by atoms with Gasteiger partial charge in [0.05, 0.1) is 22.9 Å². The van der Waals surface area contributed by atoms with Gasteiger partial charge in [0.15, 0.2) is 0 Å². The second kappa shape index (κ2) is 10.7. The molecule has 0 aliphatic carbocycles. The number of fused-ring (bicyclic) bond motifs is 9. The van der Waals surface area contributed by atoms with Crippen molar-refractivity contribution in [3.05, 3.63) is 157 Å². The molecule has 0 bridgehead atoms. The average molecular weight is 581 g/mol. The summed E-state index contributed by atoms with van der Waals surface area (Å²) in [5, 5.41) is 7.26. The number of nitrogens with zero attached hydrogens (tertiary/aromatic N) is 2. The van der Waals surface area contributed by atoms with Crippen LogP contribution in [0.3, 0.4) is 0 Å². The van der Waals surface area contributed by atoms with Gasteiger partial charge in [-0.25, -0.2) is 4.98 Å². The molecular weight excluding hydrogens is 553 g/mol. The first-order chi connectivity index (χ1) is 21.7. The number of allylic oxidation sites excluding steroid dienone is 5. The van der Waals surface area contributed by atoms with E-state index >= 15 is 0 Å². The molecule has 0 radical (unpaired) electrons. The van der Waals surface area contributed by atoms with Gasteiger partial charge in [0, 0.05) is 36.5 Å². The van der Waals surface area contributed by atoms with Gasteiger partial charge in [-0.1, -0.05) is 128 Å². The lowest BCUT2D eigenvalue weighted by molar-refractivity contribution is 1.31. The van der Waals surface area contributed by atoms with Crippen molar-refractivity contribution < 1.29 is 0 Å². The van der Waals surface area contributed by atoms with Gasteiger partial charge in [0.1, 0.15) is 0 Å². The van der Waals surface area contributed by atoms with E-state index in [2.05, 4.69) is 147 Å². The van der Waals surface area contributed by atoms with Crippen LogP contribution in [0, 0.1) is 0 Å². The Morgan fingerprint density at radius 1 is 0.682 bits per heavy atom. The predicted octanol–water partition coefficient (Wildman–Crippen LogP) is 11.6. The average Bonchev–Trinajstić information content (AvgIpc) is 3.47. The van der Waals surface area contributed by atoms with Crippen LogP contribution in [0.1, 0.15) is 18.1 Å². The number of rotatable bonds is 5. The molecule has 3 heteroatoms. The van der Waals surface area contributed by atoms with E-state index in [1.165, 1.54) is 42.1 Å². The van der Waals surface area contributed by atoms with E-state index in [0.29, 0.717) is 0 Å². The van der Waals surface area contributed by atoms with Crippen molar-refractivity contribution in [1.82, 2.24) is 9.97 Å². The second-order valence-corrected chi connectivity index (χ2v) is 12.2. The summed E-state index contributed by atoms with van der Waals surface area (Å²) in [6, 6.07) is 40.6. The summed E-state index contributed by atoms with van der Waals surface area (Å²) < 4.78 is 2.59. The van der Waals surface area contributed by atoms with Crippen LogP contribution in [0.15, 0.2) is 146 Å². The summed E-state index contributed by atoms with van der Waals surface area (Å²) >= 11 is 1.83. The first-order valence-electron chi connectivity index (χ1n) is 14.8. The molecule has 2 nitrogen and oxygen atoms in total. The summed E-state index contributed by atoms with van der Waals surface area (Å²) in [4.78, 5) is 10.1. The van der Waals surface area contributed by atoms with E-state index in [0.717, 1.165) is 44.2 Å². The highest BCUT2D eigenvalue weighted by Crippen LogP contribution is 2.38. The van der Waals surface area contributed by atoms with Crippen molar-refractivity contribution >= 4 is 75.2 Å². The molecular formula is C41H28N2S. The highest BCUT2D eigenvalue weighted by molar-refractivity contribution is 7.26. The van der Waals surface area contributed by atoms with Gasteiger partial charge in [-0.2, -0.15) is 0 Å². The molecule has 0 aliphatic heterocycles. The highest BCUT2D eigenvalue weighted by atomic mass is 32.1. The zero-order valence-corrected chi connectivity index (χ0v) is 25.1. The normalized spacial score (nSPS) is 12.3. The first-order valence-corrected chi connectivity index (χ1v) is 15.6. The van der Waals surface area contributed by atoms with Gasteiger partial charge in [0.2, 0.25) is 0 Å². The van der Waals surface area contributed by atoms with Crippen LogP contribution in [0.4, 0.5) is 0 Å². The molecule has 208 valence electrons. The largest absolute Gasteiger partial charge is 0.252 e. The molecule has 0 saturated heterocycles. The molecule has 0 aliphatic rings. The van der Waals surface area contributed by atoms with Crippen LogP contribution >= 0.6 is 11.3 Å². The Balaban J connectivity index is 1.12. The lowest BCUT2D eigenvalue weighted by atomic mass is 9.99. The molecule has 0 saturated carbocycles. The zero-order chi connectivity index (χ0) is 29.6. The van der Waals surface area contributed by atoms with Gasteiger partial charge in [-0.05, 0) is 52.1 Å². The fourth-order valence-electron chi connectivity index (χ4n) is 6.18. The molecule has 6 aromatic carbocycles. The zero-order valence-electron chi connectivity index (χ0n) is 24.3. The van der Waals surface area contributed by atoms with Crippen LogP contribution in [0.25, 0.3) is 75.2 Å². The van der Waals surface area contributed by atoms with Gasteiger partial charge >= 0.3 is 0 Å². The molecule has 44 heavy (non-hydrogen) atoms. The van der Waals surface area contributed by atoms with Crippen LogP contribution in [0.2, 0.25) is 0 Å². The van der Waals surface area contributed by atoms with Crippen LogP contribution in [-0.2, 0) is 0 Å². The number of hydrogen-bond acceptors (Lipinski definition) is 3. The molecule has 2 heterocycles. The third-order valence-electron chi connectivity index (χ3n) is 8.43. The summed E-state index contributed by atoms with van der Waals surface area (Å²) in [7, 11) is 0. The predicted molar refractivity (Wildman–Crippen MR) is 191 cm³/mol. The van der Waals surface area contributed by atoms with E-state index in [4.69, 9.17) is 9.97 Å². The van der Waals surface area contributed by atoms with Crippen LogP contribution < -0.4 is 0 Å². The van der Waals surface area contributed by atoms with Crippen molar-refractivity contribution in [1.29, 1.82) is 0 Å². The number of benzene rings is 6. The molecule has 0 amide bonds. The fraction of sp³-hybridized carbons (Fsp3) is 0.0244. The first kappa shape index (κ1) is 26.3. The Kier molecular flexibility index (Phi) is 6.40. The fourth-order valence-corrected chi connectivity index (χ4v) is 7.43. The van der Waals surface area contributed by atoms with E-state index in [9.17, 15) is 0 Å². The third kappa shape index (κ3) is 4.41. The SMILES string of the molecule is C=C(/C=C\C=C(/C)c1cccc(-c2cnc3c4ccccc4c4ccccc4c3n2)c1)c1cccc2c1sc1ccccc12. The quantitative estimate of drug-likeness (QED) is 0.149. The molecule has 2 aromatic heterocycles. The van der Waals surface area contributed by atoms with Crippen molar-refractivity contribution in [3.63, 3.8) is 0 Å². The minimum atomic E-state index is 0.868. The lowest BCUT2D eigenvalue weighted by Crippen LogP contribution is -1.92. The maximum atomic E-state index is 5.18. The standard InChI is InChI=1S/C41H28N2S/c1-26(12-9-13-27(2)30-21-11-22-36-33-18-7-8-23-38(33)44-41(30)36)28-14-10-15-29(24-28)37-25-42-39-34-19-5-3-16-31(34)32-17-4-6-20-35(32)40(39)43-37/h3-25H,2H2,1H3/b13-9-,26-12+. The lowest BCUT2D eigenvalue weighted by Gasteiger charge is -2.11. The number of hydrogen-bond donors (Lipinski definition) is 0. The minimum Gasteiger partial charge on any atom is -0.252 e. The van der Waals surface area contributed by atoms with E-state index in [-0.39, 0.29) is 0 Å². The minimum absolute atomic E-state index is 0.868. The Labute approximate surface area is 260 Å². The van der Waals surface area contributed by atoms with Gasteiger partial charge in [-0.3, -0.25) is 4.98 Å². The molecule has 0 unspecified atom stereocenters. The van der Waals surface area contributed by atoms with E-state index in [1.807, 2.05) is 17.5 Å². The molecule has 0 spiro atoms. The Morgan fingerprint density at radius 3 is 2.14 bits per heavy atom. The molecule has 8 aromatic rings. The summed E-state index contributed by atoms with van der Waals surface area (Å²) in [5.41, 5.74) is 8.29. The van der Waals surface area contributed by atoms with Crippen molar-refractivity contribution in [2.45, 2.75) is 6.92 Å². The Hall–Kier alpha value is -5.38. The van der Waals surface area contributed by atoms with Crippen molar-refractivity contribution in [2.24, 2.45) is 0 Å². The van der Waals surface area contributed by atoms with E-state index in [1.54, 1.807) is 0 Å². The Morgan fingerprint density at radius 2 is 1.34 bits per heavy atom.